The second-order valence-electron chi connectivity index (χ2n) is 6.35. The fraction of sp³-hybridized carbons (Fsp3) is 0.500. The summed E-state index contributed by atoms with van der Waals surface area (Å²) in [6, 6.07) is 1.33. The summed E-state index contributed by atoms with van der Waals surface area (Å²) >= 11 is 0. The van der Waals surface area contributed by atoms with Gasteiger partial charge in [-0.2, -0.15) is 18.2 Å². The Balaban J connectivity index is 1.89. The smallest absolute Gasteiger partial charge is 0.372 e. The Bertz CT molecular complexity index is 882. The summed E-state index contributed by atoms with van der Waals surface area (Å²) in [5.74, 6) is -2.26. The average Bonchev–Trinajstić information content (AvgIpc) is 3.06. The largest absolute Gasteiger partial charge is 0.471 e. The fourth-order valence-electron chi connectivity index (χ4n) is 2.99. The Kier molecular flexibility index (Phi) is 5.05. The molecule has 2 unspecified atom stereocenters. The van der Waals surface area contributed by atoms with Gasteiger partial charge in [0.15, 0.2) is 0 Å². The molecule has 0 saturated carbocycles. The van der Waals surface area contributed by atoms with Crippen LogP contribution >= 0.6 is 0 Å². The second-order valence-corrected chi connectivity index (χ2v) is 6.35. The molecule has 2 aromatic heterocycles. The number of aromatic nitrogens is 3. The van der Waals surface area contributed by atoms with Gasteiger partial charge in [-0.25, -0.2) is 0 Å². The highest BCUT2D eigenvalue weighted by Gasteiger charge is 2.39. The van der Waals surface area contributed by atoms with E-state index in [4.69, 9.17) is 4.74 Å². The highest BCUT2D eigenvalue weighted by Crippen LogP contribution is 2.29. The van der Waals surface area contributed by atoms with Crippen LogP contribution in [0.15, 0.2) is 21.6 Å². The van der Waals surface area contributed by atoms with Gasteiger partial charge in [0, 0.05) is 30.4 Å². The first kappa shape index (κ1) is 19.1. The summed E-state index contributed by atoms with van der Waals surface area (Å²) in [7, 11) is 0. The number of ether oxygens (including phenoxy) is 1. The SMILES string of the molecule is CC1CN(C(=O)Cc2c(-c3noc(C(F)(F)F)n3)cc[nH]c2=O)CC(C)O1. The molecule has 3 heterocycles. The van der Waals surface area contributed by atoms with Crippen LogP contribution in [0, 0.1) is 0 Å². The highest BCUT2D eigenvalue weighted by molar-refractivity contribution is 5.81. The minimum absolute atomic E-state index is 0.0145. The van der Waals surface area contributed by atoms with Crippen LogP contribution in [0.2, 0.25) is 0 Å². The molecule has 1 fully saturated rings. The van der Waals surface area contributed by atoms with Crippen molar-refractivity contribution in [2.24, 2.45) is 0 Å². The molecular formula is C16H17F3N4O4. The molecule has 1 aliphatic heterocycles. The van der Waals surface area contributed by atoms with Crippen LogP contribution < -0.4 is 5.56 Å². The van der Waals surface area contributed by atoms with Crippen molar-refractivity contribution in [2.45, 2.75) is 38.7 Å². The molecule has 2 aromatic rings. The van der Waals surface area contributed by atoms with E-state index in [2.05, 4.69) is 19.6 Å². The summed E-state index contributed by atoms with van der Waals surface area (Å²) in [5, 5.41) is 3.29. The number of amides is 1. The lowest BCUT2D eigenvalue weighted by Crippen LogP contribution is -2.49. The van der Waals surface area contributed by atoms with Crippen molar-refractivity contribution in [3.63, 3.8) is 0 Å². The quantitative estimate of drug-likeness (QED) is 0.860. The predicted octanol–water partition coefficient (Wildman–Crippen LogP) is 1.62. The maximum Gasteiger partial charge on any atom is 0.471 e. The van der Waals surface area contributed by atoms with E-state index in [1.165, 1.54) is 12.3 Å². The number of nitrogens with one attached hydrogen (secondary N) is 1. The maximum atomic E-state index is 12.7. The number of alkyl halides is 3. The molecule has 1 saturated heterocycles. The van der Waals surface area contributed by atoms with Crippen molar-refractivity contribution < 1.29 is 27.2 Å². The molecule has 3 rings (SSSR count). The third-order valence-corrected chi connectivity index (χ3v) is 4.07. The van der Waals surface area contributed by atoms with Crippen molar-refractivity contribution in [2.75, 3.05) is 13.1 Å². The van der Waals surface area contributed by atoms with Crippen LogP contribution in [0.25, 0.3) is 11.4 Å². The van der Waals surface area contributed by atoms with E-state index >= 15 is 0 Å². The molecule has 8 nitrogen and oxygen atoms in total. The lowest BCUT2D eigenvalue weighted by Gasteiger charge is -2.35. The van der Waals surface area contributed by atoms with Gasteiger partial charge in [0.1, 0.15) is 0 Å². The van der Waals surface area contributed by atoms with Gasteiger partial charge >= 0.3 is 12.1 Å². The van der Waals surface area contributed by atoms with Crippen molar-refractivity contribution in [3.05, 3.63) is 34.1 Å². The minimum Gasteiger partial charge on any atom is -0.372 e. The lowest BCUT2D eigenvalue weighted by atomic mass is 10.1. The zero-order valence-electron chi connectivity index (χ0n) is 14.5. The summed E-state index contributed by atoms with van der Waals surface area (Å²) in [5.41, 5.74) is -0.613. The number of rotatable bonds is 3. The van der Waals surface area contributed by atoms with Crippen molar-refractivity contribution in [1.82, 2.24) is 20.0 Å². The molecule has 1 N–H and O–H groups in total. The molecule has 146 valence electrons. The van der Waals surface area contributed by atoms with E-state index in [1.807, 2.05) is 13.8 Å². The number of hydrogen-bond donors (Lipinski definition) is 1. The first-order valence-electron chi connectivity index (χ1n) is 8.20. The molecule has 0 aromatic carbocycles. The van der Waals surface area contributed by atoms with Gasteiger partial charge in [0.2, 0.25) is 11.7 Å². The van der Waals surface area contributed by atoms with Crippen LogP contribution in [0.3, 0.4) is 0 Å². The summed E-state index contributed by atoms with van der Waals surface area (Å²) in [4.78, 5) is 32.1. The Hall–Kier alpha value is -2.69. The van der Waals surface area contributed by atoms with Gasteiger partial charge < -0.3 is 19.1 Å². The van der Waals surface area contributed by atoms with Gasteiger partial charge in [-0.15, -0.1) is 0 Å². The average molecular weight is 386 g/mol. The number of morpholine rings is 1. The second kappa shape index (κ2) is 7.14. The normalized spacial score (nSPS) is 20.7. The topological polar surface area (TPSA) is 101 Å². The Morgan fingerprint density at radius 3 is 2.59 bits per heavy atom. The number of aromatic amines is 1. The van der Waals surface area contributed by atoms with Crippen LogP contribution in [0.4, 0.5) is 13.2 Å². The molecular weight excluding hydrogens is 369 g/mol. The standard InChI is InChI=1S/C16H17F3N4O4/c1-8-6-23(7-9(2)26-8)12(24)5-11-10(3-4-20-14(11)25)13-21-15(27-22-13)16(17,18)19/h3-4,8-9H,5-7H2,1-2H3,(H,20,25). The van der Waals surface area contributed by atoms with E-state index < -0.39 is 23.5 Å². The maximum absolute atomic E-state index is 12.7. The predicted molar refractivity (Wildman–Crippen MR) is 85.6 cm³/mol. The number of carbonyl (C=O) groups is 1. The number of carbonyl (C=O) groups excluding carboxylic acids is 1. The van der Waals surface area contributed by atoms with Gasteiger partial charge in [-0.1, -0.05) is 5.16 Å². The lowest BCUT2D eigenvalue weighted by molar-refractivity contribution is -0.159. The monoisotopic (exact) mass is 386 g/mol. The third-order valence-electron chi connectivity index (χ3n) is 4.07. The minimum atomic E-state index is -4.80. The third kappa shape index (κ3) is 4.18. The molecule has 0 bridgehead atoms. The molecule has 11 heteroatoms. The van der Waals surface area contributed by atoms with Crippen LogP contribution in [0.5, 0.6) is 0 Å². The Labute approximate surface area is 151 Å². The van der Waals surface area contributed by atoms with E-state index in [0.717, 1.165) is 0 Å². The fourth-order valence-corrected chi connectivity index (χ4v) is 2.99. The van der Waals surface area contributed by atoms with E-state index in [-0.39, 0.29) is 35.7 Å². The van der Waals surface area contributed by atoms with Gasteiger partial charge in [-0.3, -0.25) is 9.59 Å². The molecule has 1 aliphatic rings. The van der Waals surface area contributed by atoms with Crippen LogP contribution in [-0.2, 0) is 22.1 Å². The van der Waals surface area contributed by atoms with E-state index in [0.29, 0.717) is 13.1 Å². The first-order valence-corrected chi connectivity index (χ1v) is 8.20. The first-order chi connectivity index (χ1) is 12.6. The van der Waals surface area contributed by atoms with Crippen molar-refractivity contribution >= 4 is 5.91 Å². The van der Waals surface area contributed by atoms with Gasteiger partial charge in [-0.05, 0) is 19.9 Å². The molecule has 0 spiro atoms. The van der Waals surface area contributed by atoms with Crippen molar-refractivity contribution in [1.29, 1.82) is 0 Å². The number of halogens is 3. The zero-order chi connectivity index (χ0) is 19.8. The molecule has 1 amide bonds. The number of hydrogen-bond acceptors (Lipinski definition) is 6. The zero-order valence-corrected chi connectivity index (χ0v) is 14.5. The molecule has 0 aliphatic carbocycles. The molecule has 2 atom stereocenters. The highest BCUT2D eigenvalue weighted by atomic mass is 19.4. The summed E-state index contributed by atoms with van der Waals surface area (Å²) < 4.78 is 47.8. The van der Waals surface area contributed by atoms with Gasteiger partial charge in [0.25, 0.3) is 5.56 Å². The van der Waals surface area contributed by atoms with Crippen molar-refractivity contribution in [3.8, 4) is 11.4 Å². The number of pyridine rings is 1. The summed E-state index contributed by atoms with van der Waals surface area (Å²) in [6.45, 7) is 4.39. The van der Waals surface area contributed by atoms with Gasteiger partial charge in [0.05, 0.1) is 18.6 Å². The van der Waals surface area contributed by atoms with E-state index in [1.54, 1.807) is 4.90 Å². The van der Waals surface area contributed by atoms with Crippen LogP contribution in [-0.4, -0.2) is 51.2 Å². The Morgan fingerprint density at radius 1 is 1.33 bits per heavy atom. The van der Waals surface area contributed by atoms with Crippen LogP contribution in [0.1, 0.15) is 25.3 Å². The molecule has 27 heavy (non-hydrogen) atoms. The number of nitrogens with zero attached hydrogens (tertiary/aromatic N) is 3. The molecule has 0 radical (unpaired) electrons. The Morgan fingerprint density at radius 2 is 2.00 bits per heavy atom. The number of H-pyrrole nitrogens is 1. The summed E-state index contributed by atoms with van der Waals surface area (Å²) in [6.07, 6.45) is -4.17. The van der Waals surface area contributed by atoms with E-state index in [9.17, 15) is 22.8 Å².